The average Bonchev–Trinajstić information content (AvgIpc) is 3.12. The van der Waals surface area contributed by atoms with Crippen molar-refractivity contribution in [3.05, 3.63) is 23.8 Å². The minimum atomic E-state index is -3.88. The van der Waals surface area contributed by atoms with Gasteiger partial charge >= 0.3 is 0 Å². The van der Waals surface area contributed by atoms with Gasteiger partial charge in [0.25, 0.3) is 5.91 Å². The number of carbonyl (C=O) groups excluding carboxylic acids is 1. The molecule has 1 saturated carbocycles. The Kier molecular flexibility index (Phi) is 6.95. The van der Waals surface area contributed by atoms with E-state index in [1.165, 1.54) is 57.4 Å². The maximum atomic E-state index is 12.7. The Morgan fingerprint density at radius 1 is 1.21 bits per heavy atom. The minimum Gasteiger partial charge on any atom is -0.496 e. The monoisotopic (exact) mass is 409 g/mol. The molecule has 28 heavy (non-hydrogen) atoms. The number of benzene rings is 1. The zero-order valence-corrected chi connectivity index (χ0v) is 17.3. The summed E-state index contributed by atoms with van der Waals surface area (Å²) < 4.78 is 28.4. The van der Waals surface area contributed by atoms with Crippen molar-refractivity contribution < 1.29 is 17.9 Å². The van der Waals surface area contributed by atoms with Gasteiger partial charge in [-0.15, -0.1) is 0 Å². The standard InChI is InChI=1S/C20H31N3O4S/c1-27-19-10-9-17(28(21,25)26)12-18(19)20(24)22-13-16-8-5-11-23(16)14-15-6-3-2-4-7-15/h9-10,12,15-16H,2-8,11,13-14H2,1H3,(H,22,24)(H2,21,25,26). The molecule has 2 fully saturated rings. The molecule has 8 heteroatoms. The first-order valence-electron chi connectivity index (χ1n) is 10.1. The molecule has 0 radical (unpaired) electrons. The normalized spacial score (nSPS) is 21.6. The molecule has 3 N–H and O–H groups in total. The molecule has 156 valence electrons. The van der Waals surface area contributed by atoms with E-state index in [-0.39, 0.29) is 16.4 Å². The fourth-order valence-electron chi connectivity index (χ4n) is 4.42. The van der Waals surface area contributed by atoms with Gasteiger partial charge in [0.2, 0.25) is 10.0 Å². The summed E-state index contributed by atoms with van der Waals surface area (Å²) in [5, 5.41) is 8.16. The van der Waals surface area contributed by atoms with Crippen LogP contribution in [0.3, 0.4) is 0 Å². The van der Waals surface area contributed by atoms with Gasteiger partial charge in [0.1, 0.15) is 5.75 Å². The molecule has 2 aliphatic rings. The van der Waals surface area contributed by atoms with Crippen molar-refractivity contribution in [3.63, 3.8) is 0 Å². The maximum Gasteiger partial charge on any atom is 0.255 e. The molecule has 1 aliphatic heterocycles. The van der Waals surface area contributed by atoms with Gasteiger partial charge in [-0.25, -0.2) is 13.6 Å². The van der Waals surface area contributed by atoms with Gasteiger partial charge < -0.3 is 10.1 Å². The molecule has 0 bridgehead atoms. The summed E-state index contributed by atoms with van der Waals surface area (Å²) in [6.07, 6.45) is 8.87. The molecule has 1 heterocycles. The van der Waals surface area contributed by atoms with Crippen molar-refractivity contribution >= 4 is 15.9 Å². The maximum absolute atomic E-state index is 12.7. The zero-order chi connectivity index (χ0) is 20.1. The summed E-state index contributed by atoms with van der Waals surface area (Å²) in [6, 6.07) is 4.41. The Labute approximate surface area is 167 Å². The molecule has 7 nitrogen and oxygen atoms in total. The van der Waals surface area contributed by atoms with Crippen molar-refractivity contribution in [2.45, 2.75) is 55.9 Å². The highest BCUT2D eigenvalue weighted by Crippen LogP contribution is 2.27. The highest BCUT2D eigenvalue weighted by molar-refractivity contribution is 7.89. The third-order valence-electron chi connectivity index (χ3n) is 5.96. The van der Waals surface area contributed by atoms with Crippen LogP contribution in [-0.4, -0.2) is 52.0 Å². The third-order valence-corrected chi connectivity index (χ3v) is 6.87. The van der Waals surface area contributed by atoms with Crippen LogP contribution >= 0.6 is 0 Å². The van der Waals surface area contributed by atoms with Crippen molar-refractivity contribution in [1.29, 1.82) is 0 Å². The molecule has 1 aliphatic carbocycles. The number of hydrogen-bond acceptors (Lipinski definition) is 5. The second kappa shape index (κ2) is 9.24. The van der Waals surface area contributed by atoms with E-state index in [2.05, 4.69) is 10.2 Å². The Hall–Kier alpha value is -1.64. The smallest absolute Gasteiger partial charge is 0.255 e. The molecule has 1 aromatic carbocycles. The van der Waals surface area contributed by atoms with Gasteiger partial charge in [0, 0.05) is 19.1 Å². The molecule has 1 amide bonds. The lowest BCUT2D eigenvalue weighted by molar-refractivity contribution is 0.0933. The highest BCUT2D eigenvalue weighted by Gasteiger charge is 2.28. The fraction of sp³-hybridized carbons (Fsp3) is 0.650. The van der Waals surface area contributed by atoms with Gasteiger partial charge in [-0.1, -0.05) is 19.3 Å². The van der Waals surface area contributed by atoms with Crippen molar-refractivity contribution in [2.75, 3.05) is 26.7 Å². The Bertz CT molecular complexity index is 791. The molecule has 1 unspecified atom stereocenters. The predicted octanol–water partition coefficient (Wildman–Crippen LogP) is 2.12. The fourth-order valence-corrected chi connectivity index (χ4v) is 4.96. The van der Waals surface area contributed by atoms with Crippen LogP contribution in [0.15, 0.2) is 23.1 Å². The number of ether oxygens (including phenoxy) is 1. The topological polar surface area (TPSA) is 102 Å². The van der Waals surface area contributed by atoms with Crippen LogP contribution in [0.2, 0.25) is 0 Å². The molecule has 1 atom stereocenters. The van der Waals surface area contributed by atoms with E-state index < -0.39 is 10.0 Å². The molecule has 1 aromatic rings. The number of nitrogens with one attached hydrogen (secondary N) is 1. The van der Waals surface area contributed by atoms with E-state index in [1.807, 2.05) is 0 Å². The first-order chi connectivity index (χ1) is 13.4. The molecule has 1 saturated heterocycles. The van der Waals surface area contributed by atoms with Crippen LogP contribution < -0.4 is 15.2 Å². The largest absolute Gasteiger partial charge is 0.496 e. The number of nitrogens with two attached hydrogens (primary N) is 1. The summed E-state index contributed by atoms with van der Waals surface area (Å²) in [4.78, 5) is 15.1. The molecular formula is C20H31N3O4S. The van der Waals surface area contributed by atoms with Gasteiger partial charge in [-0.3, -0.25) is 9.69 Å². The number of carbonyl (C=O) groups is 1. The Morgan fingerprint density at radius 2 is 1.96 bits per heavy atom. The molecular weight excluding hydrogens is 378 g/mol. The van der Waals surface area contributed by atoms with Gasteiger partial charge in [-0.2, -0.15) is 0 Å². The summed E-state index contributed by atoms with van der Waals surface area (Å²) in [7, 11) is -2.43. The molecule has 0 aromatic heterocycles. The van der Waals surface area contributed by atoms with Crippen LogP contribution in [0.5, 0.6) is 5.75 Å². The minimum absolute atomic E-state index is 0.0989. The number of amides is 1. The van der Waals surface area contributed by atoms with Crippen molar-refractivity contribution in [2.24, 2.45) is 11.1 Å². The van der Waals surface area contributed by atoms with Crippen LogP contribution in [0.25, 0.3) is 0 Å². The second-order valence-electron chi connectivity index (χ2n) is 7.91. The van der Waals surface area contributed by atoms with Crippen molar-refractivity contribution in [1.82, 2.24) is 10.2 Å². The summed E-state index contributed by atoms with van der Waals surface area (Å²) in [6.45, 7) is 2.75. The second-order valence-corrected chi connectivity index (χ2v) is 9.47. The van der Waals surface area contributed by atoms with E-state index in [1.54, 1.807) is 0 Å². The van der Waals surface area contributed by atoms with Crippen LogP contribution in [-0.2, 0) is 10.0 Å². The zero-order valence-electron chi connectivity index (χ0n) is 16.5. The quantitative estimate of drug-likeness (QED) is 0.718. The number of sulfonamides is 1. The number of primary sulfonamides is 1. The van der Waals surface area contributed by atoms with Crippen molar-refractivity contribution in [3.8, 4) is 5.75 Å². The number of methoxy groups -OCH3 is 1. The average molecular weight is 410 g/mol. The predicted molar refractivity (Wildman–Crippen MR) is 108 cm³/mol. The van der Waals surface area contributed by atoms with Gasteiger partial charge in [-0.05, 0) is 56.3 Å². The SMILES string of the molecule is COc1ccc(S(N)(=O)=O)cc1C(=O)NCC1CCCN1CC1CCCCC1. The number of rotatable bonds is 7. The van der Waals surface area contributed by atoms with E-state index in [0.717, 1.165) is 31.8 Å². The summed E-state index contributed by atoms with van der Waals surface area (Å²) in [5.41, 5.74) is 0.186. The highest BCUT2D eigenvalue weighted by atomic mass is 32.2. The van der Waals surface area contributed by atoms with E-state index >= 15 is 0 Å². The van der Waals surface area contributed by atoms with Gasteiger partial charge in [0.05, 0.1) is 17.6 Å². The number of hydrogen-bond donors (Lipinski definition) is 2. The lowest BCUT2D eigenvalue weighted by atomic mass is 9.89. The Morgan fingerprint density at radius 3 is 2.64 bits per heavy atom. The molecule has 0 spiro atoms. The van der Waals surface area contributed by atoms with Crippen LogP contribution in [0.1, 0.15) is 55.3 Å². The van der Waals surface area contributed by atoms with Crippen LogP contribution in [0, 0.1) is 5.92 Å². The molecule has 3 rings (SSSR count). The van der Waals surface area contributed by atoms with E-state index in [4.69, 9.17) is 9.88 Å². The first kappa shape index (κ1) is 21.1. The van der Waals surface area contributed by atoms with E-state index in [0.29, 0.717) is 18.3 Å². The summed E-state index contributed by atoms with van der Waals surface area (Å²) in [5.74, 6) is 0.763. The van der Waals surface area contributed by atoms with Gasteiger partial charge in [0.15, 0.2) is 0 Å². The Balaban J connectivity index is 1.62. The van der Waals surface area contributed by atoms with E-state index in [9.17, 15) is 13.2 Å². The third kappa shape index (κ3) is 5.24. The summed E-state index contributed by atoms with van der Waals surface area (Å²) >= 11 is 0. The number of likely N-dealkylation sites (tertiary alicyclic amines) is 1. The number of nitrogens with zero attached hydrogens (tertiary/aromatic N) is 1. The lowest BCUT2D eigenvalue weighted by Gasteiger charge is -2.31. The van der Waals surface area contributed by atoms with Crippen LogP contribution in [0.4, 0.5) is 0 Å². The first-order valence-corrected chi connectivity index (χ1v) is 11.7. The lowest BCUT2D eigenvalue weighted by Crippen LogP contribution is -2.42.